The topological polar surface area (TPSA) is 78.5 Å². The van der Waals surface area contributed by atoms with Gasteiger partial charge in [-0.3, -0.25) is 14.5 Å². The predicted molar refractivity (Wildman–Crippen MR) is 108 cm³/mol. The maximum Gasteiger partial charge on any atom is 0.325 e. The molecular weight excluding hydrogens is 366 g/mol. The van der Waals surface area contributed by atoms with Crippen LogP contribution >= 0.6 is 0 Å². The number of nitrogens with one attached hydrogen (secondary N) is 2. The van der Waals surface area contributed by atoms with Gasteiger partial charge in [0.25, 0.3) is 5.91 Å². The number of carbonyl (C=O) groups is 3. The second-order valence-electron chi connectivity index (χ2n) is 10.0. The van der Waals surface area contributed by atoms with E-state index in [2.05, 4.69) is 10.6 Å². The number of amides is 4. The lowest BCUT2D eigenvalue weighted by atomic mass is 9.49. The van der Waals surface area contributed by atoms with Gasteiger partial charge in [0.15, 0.2) is 0 Å². The van der Waals surface area contributed by atoms with Gasteiger partial charge < -0.3 is 10.6 Å². The SMILES string of the molecule is CC1(c2ccccc2)NC(=O)N(CC(=O)NCC23CC4CC(CC(C4)C2)C3)C1=O. The number of rotatable bonds is 5. The molecule has 1 heterocycles. The van der Waals surface area contributed by atoms with Crippen molar-refractivity contribution < 1.29 is 14.4 Å². The second kappa shape index (κ2) is 6.57. The molecule has 0 aromatic heterocycles. The summed E-state index contributed by atoms with van der Waals surface area (Å²) in [6, 6.07) is 8.65. The smallest absolute Gasteiger partial charge is 0.325 e. The van der Waals surface area contributed by atoms with E-state index in [1.807, 2.05) is 30.3 Å². The molecule has 0 radical (unpaired) electrons. The van der Waals surface area contributed by atoms with Crippen molar-refractivity contribution in [2.24, 2.45) is 23.2 Å². The summed E-state index contributed by atoms with van der Waals surface area (Å²) in [6.45, 7) is 2.14. The lowest BCUT2D eigenvalue weighted by Gasteiger charge is -2.56. The van der Waals surface area contributed by atoms with Crippen molar-refractivity contribution in [2.45, 2.75) is 51.0 Å². The number of carbonyl (C=O) groups excluding carboxylic acids is 3. The maximum atomic E-state index is 13.0. The van der Waals surface area contributed by atoms with Gasteiger partial charge >= 0.3 is 6.03 Å². The zero-order chi connectivity index (χ0) is 20.2. The van der Waals surface area contributed by atoms with Gasteiger partial charge in [-0.15, -0.1) is 0 Å². The summed E-state index contributed by atoms with van der Waals surface area (Å²) in [4.78, 5) is 39.1. The highest BCUT2D eigenvalue weighted by Crippen LogP contribution is 2.59. The Hall–Kier alpha value is -2.37. The highest BCUT2D eigenvalue weighted by Gasteiger charge is 2.52. The first-order valence-corrected chi connectivity index (χ1v) is 10.8. The highest BCUT2D eigenvalue weighted by molar-refractivity contribution is 6.09. The first-order valence-electron chi connectivity index (χ1n) is 10.8. The Bertz CT molecular complexity index is 817. The minimum Gasteiger partial charge on any atom is -0.354 e. The van der Waals surface area contributed by atoms with Crippen LogP contribution in [0, 0.1) is 23.2 Å². The van der Waals surface area contributed by atoms with Crippen LogP contribution in [0.25, 0.3) is 0 Å². The van der Waals surface area contributed by atoms with Crippen molar-refractivity contribution in [3.63, 3.8) is 0 Å². The van der Waals surface area contributed by atoms with Crippen molar-refractivity contribution in [3.8, 4) is 0 Å². The monoisotopic (exact) mass is 395 g/mol. The Morgan fingerprint density at radius 3 is 2.24 bits per heavy atom. The third-order valence-corrected chi connectivity index (χ3v) is 7.75. The van der Waals surface area contributed by atoms with Crippen LogP contribution in [0.5, 0.6) is 0 Å². The van der Waals surface area contributed by atoms with E-state index in [1.54, 1.807) is 6.92 Å². The molecule has 1 aliphatic heterocycles. The zero-order valence-electron chi connectivity index (χ0n) is 16.9. The number of hydrogen-bond donors (Lipinski definition) is 2. The van der Waals surface area contributed by atoms with Crippen LogP contribution in [-0.4, -0.2) is 35.8 Å². The van der Waals surface area contributed by atoms with Crippen molar-refractivity contribution in [1.82, 2.24) is 15.5 Å². The molecule has 6 heteroatoms. The lowest BCUT2D eigenvalue weighted by molar-refractivity contribution is -0.135. The zero-order valence-corrected chi connectivity index (χ0v) is 16.9. The number of hydrogen-bond acceptors (Lipinski definition) is 3. The van der Waals surface area contributed by atoms with Gasteiger partial charge in [-0.05, 0) is 74.2 Å². The average molecular weight is 396 g/mol. The van der Waals surface area contributed by atoms with Gasteiger partial charge in [-0.1, -0.05) is 30.3 Å². The molecule has 4 amide bonds. The molecule has 1 aromatic rings. The van der Waals surface area contributed by atoms with Crippen molar-refractivity contribution in [3.05, 3.63) is 35.9 Å². The van der Waals surface area contributed by atoms with E-state index < -0.39 is 11.6 Å². The van der Waals surface area contributed by atoms with Crippen LogP contribution < -0.4 is 10.6 Å². The molecule has 6 rings (SSSR count). The molecule has 1 aromatic carbocycles. The van der Waals surface area contributed by atoms with E-state index in [0.717, 1.165) is 28.2 Å². The van der Waals surface area contributed by atoms with Crippen LogP contribution in [0.15, 0.2) is 30.3 Å². The van der Waals surface area contributed by atoms with Gasteiger partial charge in [0, 0.05) is 6.54 Å². The fourth-order valence-electron chi connectivity index (χ4n) is 6.80. The van der Waals surface area contributed by atoms with Gasteiger partial charge in [0.05, 0.1) is 0 Å². The third-order valence-electron chi connectivity index (χ3n) is 7.75. The number of urea groups is 1. The molecule has 4 aliphatic carbocycles. The number of benzene rings is 1. The summed E-state index contributed by atoms with van der Waals surface area (Å²) in [5.41, 5.74) is -0.173. The first-order chi connectivity index (χ1) is 13.9. The molecular formula is C23H29N3O3. The molecule has 0 spiro atoms. The van der Waals surface area contributed by atoms with Crippen LogP contribution in [-0.2, 0) is 15.1 Å². The van der Waals surface area contributed by atoms with Gasteiger partial charge in [0.1, 0.15) is 12.1 Å². The Labute approximate surface area is 171 Å². The fourth-order valence-corrected chi connectivity index (χ4v) is 6.80. The average Bonchev–Trinajstić information content (AvgIpc) is 2.90. The predicted octanol–water partition coefficient (Wildman–Crippen LogP) is 2.79. The van der Waals surface area contributed by atoms with E-state index in [4.69, 9.17) is 0 Å². The van der Waals surface area contributed by atoms with Crippen molar-refractivity contribution in [1.29, 1.82) is 0 Å². The van der Waals surface area contributed by atoms with Crippen LogP contribution in [0.2, 0.25) is 0 Å². The Kier molecular flexibility index (Phi) is 4.23. The Morgan fingerprint density at radius 2 is 1.66 bits per heavy atom. The van der Waals surface area contributed by atoms with Crippen LogP contribution in [0.1, 0.15) is 51.0 Å². The molecule has 1 atom stereocenters. The molecule has 4 saturated carbocycles. The molecule has 6 nitrogen and oxygen atoms in total. The van der Waals surface area contributed by atoms with Crippen molar-refractivity contribution >= 4 is 17.8 Å². The minimum atomic E-state index is -1.13. The number of imide groups is 1. The van der Waals surface area contributed by atoms with E-state index in [1.165, 1.54) is 38.5 Å². The highest BCUT2D eigenvalue weighted by atomic mass is 16.2. The van der Waals surface area contributed by atoms with Gasteiger partial charge in [0.2, 0.25) is 5.91 Å². The molecule has 154 valence electrons. The maximum absolute atomic E-state index is 13.0. The number of nitrogens with zero attached hydrogens (tertiary/aromatic N) is 1. The molecule has 29 heavy (non-hydrogen) atoms. The summed E-state index contributed by atoms with van der Waals surface area (Å²) in [5.74, 6) is 1.86. The standard InChI is InChI=1S/C23H29N3O3/c1-22(18-5-3-2-4-6-18)20(28)26(21(29)25-22)13-19(27)24-14-23-10-15-7-16(11-23)9-17(8-15)12-23/h2-6,15-17H,7-14H2,1H3,(H,24,27)(H,25,29). The summed E-state index contributed by atoms with van der Waals surface area (Å²) >= 11 is 0. The van der Waals surface area contributed by atoms with Crippen molar-refractivity contribution in [2.75, 3.05) is 13.1 Å². The second-order valence-corrected chi connectivity index (χ2v) is 10.0. The molecule has 2 N–H and O–H groups in total. The molecule has 4 bridgehead atoms. The largest absolute Gasteiger partial charge is 0.354 e. The summed E-state index contributed by atoms with van der Waals surface area (Å²) in [6.07, 6.45) is 7.76. The molecule has 5 fully saturated rings. The van der Waals surface area contributed by atoms with Gasteiger partial charge in [-0.2, -0.15) is 0 Å². The van der Waals surface area contributed by atoms with E-state index in [0.29, 0.717) is 6.54 Å². The van der Waals surface area contributed by atoms with E-state index >= 15 is 0 Å². The normalized spacial score (nSPS) is 37.7. The third kappa shape index (κ3) is 3.13. The summed E-state index contributed by atoms with van der Waals surface area (Å²) < 4.78 is 0. The van der Waals surface area contributed by atoms with Crippen LogP contribution in [0.3, 0.4) is 0 Å². The fraction of sp³-hybridized carbons (Fsp3) is 0.609. The summed E-state index contributed by atoms with van der Waals surface area (Å²) in [7, 11) is 0. The Balaban J connectivity index is 1.22. The van der Waals surface area contributed by atoms with Crippen LogP contribution in [0.4, 0.5) is 4.79 Å². The first kappa shape index (κ1) is 18.6. The molecule has 1 unspecified atom stereocenters. The molecule has 5 aliphatic rings. The minimum absolute atomic E-state index is 0.223. The lowest BCUT2D eigenvalue weighted by Crippen LogP contribution is -2.52. The summed E-state index contributed by atoms with van der Waals surface area (Å²) in [5, 5.41) is 5.82. The Morgan fingerprint density at radius 1 is 1.07 bits per heavy atom. The molecule has 1 saturated heterocycles. The van der Waals surface area contributed by atoms with Gasteiger partial charge in [-0.25, -0.2) is 4.79 Å². The van der Waals surface area contributed by atoms with E-state index in [-0.39, 0.29) is 23.8 Å². The quantitative estimate of drug-likeness (QED) is 0.753. The van der Waals surface area contributed by atoms with E-state index in [9.17, 15) is 14.4 Å².